The highest BCUT2D eigenvalue weighted by Crippen LogP contribution is 2.16. The van der Waals surface area contributed by atoms with Crippen LogP contribution in [0.1, 0.15) is 32.6 Å². The average molecular weight is 441 g/mol. The molecule has 0 spiro atoms. The van der Waals surface area contributed by atoms with E-state index in [1.165, 1.54) is 0 Å². The fourth-order valence-corrected chi connectivity index (χ4v) is 6.30. The van der Waals surface area contributed by atoms with Crippen molar-refractivity contribution in [3.8, 4) is 0 Å². The van der Waals surface area contributed by atoms with Gasteiger partial charge in [-0.1, -0.05) is 13.3 Å². The summed E-state index contributed by atoms with van der Waals surface area (Å²) in [5.41, 5.74) is 0. The molecular formula is C17H40N2O7Si2. The van der Waals surface area contributed by atoms with Crippen molar-refractivity contribution in [2.24, 2.45) is 0 Å². The van der Waals surface area contributed by atoms with Crippen molar-refractivity contribution >= 4 is 23.6 Å². The van der Waals surface area contributed by atoms with Gasteiger partial charge in [-0.3, -0.25) is 0 Å². The van der Waals surface area contributed by atoms with Crippen LogP contribution >= 0.6 is 0 Å². The lowest BCUT2D eigenvalue weighted by atomic mass is 10.3. The van der Waals surface area contributed by atoms with Crippen molar-refractivity contribution in [3.05, 3.63) is 0 Å². The summed E-state index contributed by atoms with van der Waals surface area (Å²) in [7, 11) is 4.37. The van der Waals surface area contributed by atoms with E-state index in [4.69, 9.17) is 26.6 Å². The monoisotopic (exact) mass is 440 g/mol. The molecule has 0 aromatic carbocycles. The highest BCUT2D eigenvalue weighted by atomic mass is 28.4. The topological polar surface area (TPSA) is 87.7 Å². The third kappa shape index (κ3) is 9.31. The summed E-state index contributed by atoms with van der Waals surface area (Å²) in [5, 5.41) is 2.99. The van der Waals surface area contributed by atoms with Crippen molar-refractivity contribution in [1.82, 2.24) is 10.2 Å². The standard InChI is InChI=1S/C17H40N2O7Si2/c1-8-9-13-19(14-11-16-28(24-5,25-6)26-7)17(20)18-12-10-15-27(21-2,22-3)23-4/h8-16H2,1-7H3,(H,18,20). The second-order valence-electron chi connectivity index (χ2n) is 6.37. The summed E-state index contributed by atoms with van der Waals surface area (Å²) in [6.07, 6.45) is 3.47. The minimum atomic E-state index is -2.61. The predicted molar refractivity (Wildman–Crippen MR) is 112 cm³/mol. The maximum Gasteiger partial charge on any atom is 0.500 e. The summed E-state index contributed by atoms with van der Waals surface area (Å²) >= 11 is 0. The minimum Gasteiger partial charge on any atom is -0.377 e. The van der Waals surface area contributed by atoms with E-state index >= 15 is 0 Å². The van der Waals surface area contributed by atoms with E-state index in [0.29, 0.717) is 25.2 Å². The predicted octanol–water partition coefficient (Wildman–Crippen LogP) is 2.33. The molecule has 2 amide bonds. The van der Waals surface area contributed by atoms with Crippen molar-refractivity contribution in [1.29, 1.82) is 0 Å². The normalized spacial score (nSPS) is 12.2. The van der Waals surface area contributed by atoms with Gasteiger partial charge in [-0.2, -0.15) is 0 Å². The fraction of sp³-hybridized carbons (Fsp3) is 0.941. The molecule has 0 unspecified atom stereocenters. The van der Waals surface area contributed by atoms with Gasteiger partial charge in [-0.25, -0.2) is 4.79 Å². The van der Waals surface area contributed by atoms with Crippen LogP contribution in [0.5, 0.6) is 0 Å². The number of hydrogen-bond acceptors (Lipinski definition) is 7. The molecule has 0 fully saturated rings. The summed E-state index contributed by atoms with van der Waals surface area (Å²) in [5.74, 6) is 0. The molecule has 1 N–H and O–H groups in total. The molecule has 0 atom stereocenters. The van der Waals surface area contributed by atoms with Crippen LogP contribution in [-0.2, 0) is 26.6 Å². The third-order valence-corrected chi connectivity index (χ3v) is 10.4. The SMILES string of the molecule is CCCCN(CCC[Si](OC)(OC)OC)C(=O)NCCC[Si](OC)(OC)OC. The molecule has 9 nitrogen and oxygen atoms in total. The number of nitrogens with one attached hydrogen (secondary N) is 1. The summed E-state index contributed by atoms with van der Waals surface area (Å²) in [6, 6.07) is 1.25. The van der Waals surface area contributed by atoms with Gasteiger partial charge in [-0.15, -0.1) is 0 Å². The van der Waals surface area contributed by atoms with E-state index in [1.807, 2.05) is 4.90 Å². The maximum absolute atomic E-state index is 12.6. The van der Waals surface area contributed by atoms with E-state index in [2.05, 4.69) is 12.2 Å². The van der Waals surface area contributed by atoms with Gasteiger partial charge in [0.2, 0.25) is 0 Å². The highest BCUT2D eigenvalue weighted by Gasteiger charge is 2.38. The van der Waals surface area contributed by atoms with E-state index in [9.17, 15) is 4.79 Å². The molecule has 0 radical (unpaired) electrons. The Bertz CT molecular complexity index is 394. The van der Waals surface area contributed by atoms with Gasteiger partial charge in [-0.05, 0) is 19.3 Å². The van der Waals surface area contributed by atoms with E-state index in [-0.39, 0.29) is 6.03 Å². The summed E-state index contributed by atoms with van der Waals surface area (Å²) in [6.45, 7) is 4.00. The molecule has 11 heteroatoms. The van der Waals surface area contributed by atoms with Gasteiger partial charge in [0.1, 0.15) is 0 Å². The average Bonchev–Trinajstić information content (AvgIpc) is 2.74. The quantitative estimate of drug-likeness (QED) is 0.274. The maximum atomic E-state index is 12.6. The van der Waals surface area contributed by atoms with E-state index in [1.54, 1.807) is 42.7 Å². The Balaban J connectivity index is 4.53. The van der Waals surface area contributed by atoms with Crippen LogP contribution in [0.3, 0.4) is 0 Å². The number of carbonyl (C=O) groups excluding carboxylic acids is 1. The molecule has 28 heavy (non-hydrogen) atoms. The minimum absolute atomic E-state index is 0.0625. The Morgan fingerprint density at radius 1 is 0.750 bits per heavy atom. The Morgan fingerprint density at radius 3 is 1.61 bits per heavy atom. The molecule has 0 aliphatic heterocycles. The molecular weight excluding hydrogens is 400 g/mol. The second kappa shape index (κ2) is 15.3. The van der Waals surface area contributed by atoms with Crippen molar-refractivity contribution in [2.45, 2.75) is 44.7 Å². The van der Waals surface area contributed by atoms with Crippen LogP contribution < -0.4 is 5.32 Å². The lowest BCUT2D eigenvalue weighted by molar-refractivity contribution is 0.121. The molecule has 0 aliphatic rings. The largest absolute Gasteiger partial charge is 0.500 e. The zero-order valence-electron chi connectivity index (χ0n) is 18.7. The number of amides is 2. The van der Waals surface area contributed by atoms with Gasteiger partial charge >= 0.3 is 23.6 Å². The first-order chi connectivity index (χ1) is 13.4. The second-order valence-corrected chi connectivity index (χ2v) is 12.6. The van der Waals surface area contributed by atoms with Crippen molar-refractivity contribution in [3.63, 3.8) is 0 Å². The first-order valence-corrected chi connectivity index (χ1v) is 13.6. The number of rotatable bonds is 17. The number of unbranched alkanes of at least 4 members (excludes halogenated alkanes) is 1. The van der Waals surface area contributed by atoms with E-state index in [0.717, 1.165) is 32.2 Å². The molecule has 0 aromatic rings. The molecule has 0 saturated heterocycles. The van der Waals surface area contributed by atoms with Crippen LogP contribution in [0.25, 0.3) is 0 Å². The summed E-state index contributed by atoms with van der Waals surface area (Å²) in [4.78, 5) is 14.4. The van der Waals surface area contributed by atoms with Crippen LogP contribution in [0.2, 0.25) is 12.1 Å². The third-order valence-electron chi connectivity index (χ3n) is 4.78. The zero-order chi connectivity index (χ0) is 21.5. The number of nitrogens with zero attached hydrogens (tertiary/aromatic N) is 1. The zero-order valence-corrected chi connectivity index (χ0v) is 20.7. The molecule has 0 saturated carbocycles. The fourth-order valence-electron chi connectivity index (χ4n) is 2.87. The van der Waals surface area contributed by atoms with E-state index < -0.39 is 17.6 Å². The van der Waals surface area contributed by atoms with Crippen LogP contribution in [0, 0.1) is 0 Å². The van der Waals surface area contributed by atoms with Crippen molar-refractivity contribution in [2.75, 3.05) is 62.3 Å². The molecule has 0 bridgehead atoms. The molecule has 0 heterocycles. The lowest BCUT2D eigenvalue weighted by Gasteiger charge is -2.27. The number of urea groups is 1. The Kier molecular flexibility index (Phi) is 15.0. The van der Waals surface area contributed by atoms with Gasteiger partial charge in [0.05, 0.1) is 0 Å². The molecule has 0 aromatic heterocycles. The Hall–Kier alpha value is -0.536. The molecule has 0 aliphatic carbocycles. The first kappa shape index (κ1) is 27.5. The smallest absolute Gasteiger partial charge is 0.377 e. The molecule has 168 valence electrons. The van der Waals surface area contributed by atoms with Crippen LogP contribution in [-0.4, -0.2) is 90.8 Å². The highest BCUT2D eigenvalue weighted by molar-refractivity contribution is 6.60. The van der Waals surface area contributed by atoms with Crippen LogP contribution in [0.15, 0.2) is 0 Å². The summed E-state index contributed by atoms with van der Waals surface area (Å²) < 4.78 is 32.5. The molecule has 0 rings (SSSR count). The first-order valence-electron chi connectivity index (χ1n) is 9.75. The van der Waals surface area contributed by atoms with Gasteiger partial charge in [0, 0.05) is 74.4 Å². The van der Waals surface area contributed by atoms with Crippen molar-refractivity contribution < 1.29 is 31.4 Å². The van der Waals surface area contributed by atoms with Gasteiger partial charge < -0.3 is 36.8 Å². The Morgan fingerprint density at radius 2 is 1.18 bits per heavy atom. The lowest BCUT2D eigenvalue weighted by Crippen LogP contribution is -2.46. The number of carbonyl (C=O) groups is 1. The number of hydrogen-bond donors (Lipinski definition) is 1. The van der Waals surface area contributed by atoms with Gasteiger partial charge in [0.15, 0.2) is 0 Å². The van der Waals surface area contributed by atoms with Gasteiger partial charge in [0.25, 0.3) is 0 Å². The van der Waals surface area contributed by atoms with Crippen LogP contribution in [0.4, 0.5) is 4.79 Å². The Labute approximate surface area is 172 Å².